The van der Waals surface area contributed by atoms with Crippen LogP contribution in [0.5, 0.6) is 0 Å². The number of morpholine rings is 1. The highest BCUT2D eigenvalue weighted by Crippen LogP contribution is 2.20. The van der Waals surface area contributed by atoms with E-state index in [2.05, 4.69) is 5.10 Å². The number of aryl methyl sites for hydroxylation is 1. The maximum Gasteiger partial charge on any atom is 0.305 e. The fraction of sp³-hybridized carbons (Fsp3) is 0.476. The van der Waals surface area contributed by atoms with Gasteiger partial charge in [-0.25, -0.2) is 4.68 Å². The summed E-state index contributed by atoms with van der Waals surface area (Å²) in [4.78, 5) is 26.0. The maximum absolute atomic E-state index is 12.7. The third-order valence-electron chi connectivity index (χ3n) is 5.14. The van der Waals surface area contributed by atoms with Crippen LogP contribution in [-0.2, 0) is 20.7 Å². The minimum atomic E-state index is -0.230. The summed E-state index contributed by atoms with van der Waals surface area (Å²) in [7, 11) is 1.39. The zero-order valence-electron chi connectivity index (χ0n) is 16.9. The van der Waals surface area contributed by atoms with Crippen molar-refractivity contribution < 1.29 is 19.1 Å². The minimum absolute atomic E-state index is 0.0221. The normalized spacial score (nSPS) is 16.9. The fourth-order valence-corrected chi connectivity index (χ4v) is 3.55. The minimum Gasteiger partial charge on any atom is -0.469 e. The van der Waals surface area contributed by atoms with E-state index in [-0.39, 0.29) is 18.0 Å². The number of ether oxygens (including phenoxy) is 2. The number of amides is 1. The Labute approximate surface area is 165 Å². The van der Waals surface area contributed by atoms with Crippen LogP contribution in [0.1, 0.15) is 40.7 Å². The van der Waals surface area contributed by atoms with Gasteiger partial charge < -0.3 is 14.4 Å². The summed E-state index contributed by atoms with van der Waals surface area (Å²) in [6.45, 7) is 7.70. The first-order chi connectivity index (χ1) is 13.4. The molecule has 3 rings (SSSR count). The highest BCUT2D eigenvalue weighted by Gasteiger charge is 2.22. The first kappa shape index (κ1) is 20.1. The summed E-state index contributed by atoms with van der Waals surface area (Å²) in [6, 6.07) is 7.48. The van der Waals surface area contributed by atoms with E-state index in [1.807, 2.05) is 54.6 Å². The SMILES string of the molecule is COC(=O)CCc1c(C)nn(-c2ccc(C(=O)N3CCOC(C)C3)cc2)c1C. The molecule has 150 valence electrons. The number of nitrogens with zero attached hydrogens (tertiary/aromatic N) is 3. The van der Waals surface area contributed by atoms with Crippen molar-refractivity contribution in [3.8, 4) is 5.69 Å². The molecule has 0 N–H and O–H groups in total. The average Bonchev–Trinajstić information content (AvgIpc) is 2.99. The highest BCUT2D eigenvalue weighted by atomic mass is 16.5. The Hall–Kier alpha value is -2.67. The molecule has 7 heteroatoms. The van der Waals surface area contributed by atoms with Gasteiger partial charge in [-0.15, -0.1) is 0 Å². The molecule has 1 amide bonds. The van der Waals surface area contributed by atoms with Gasteiger partial charge in [-0.2, -0.15) is 5.10 Å². The zero-order valence-corrected chi connectivity index (χ0v) is 16.9. The standard InChI is InChI=1S/C21H27N3O4/c1-14-13-23(11-12-28-14)21(26)17-5-7-18(8-6-17)24-16(3)19(15(2)22-24)9-10-20(25)27-4/h5-8,14H,9-13H2,1-4H3. The van der Waals surface area contributed by atoms with Crippen molar-refractivity contribution in [2.24, 2.45) is 0 Å². The largest absolute Gasteiger partial charge is 0.469 e. The summed E-state index contributed by atoms with van der Waals surface area (Å²) >= 11 is 0. The van der Waals surface area contributed by atoms with E-state index in [1.54, 1.807) is 0 Å². The van der Waals surface area contributed by atoms with Crippen LogP contribution in [0.3, 0.4) is 0 Å². The average molecular weight is 385 g/mol. The van der Waals surface area contributed by atoms with Crippen molar-refractivity contribution in [2.75, 3.05) is 26.8 Å². The van der Waals surface area contributed by atoms with Crippen molar-refractivity contribution in [1.82, 2.24) is 14.7 Å². The van der Waals surface area contributed by atoms with Crippen molar-refractivity contribution in [1.29, 1.82) is 0 Å². The number of benzene rings is 1. The number of esters is 1. The number of methoxy groups -OCH3 is 1. The molecule has 0 bridgehead atoms. The quantitative estimate of drug-likeness (QED) is 0.739. The molecule has 1 aliphatic rings. The molecule has 0 saturated carbocycles. The summed E-state index contributed by atoms with van der Waals surface area (Å²) in [5, 5.41) is 4.61. The summed E-state index contributed by atoms with van der Waals surface area (Å²) in [5.74, 6) is -0.208. The van der Waals surface area contributed by atoms with E-state index < -0.39 is 0 Å². The third-order valence-corrected chi connectivity index (χ3v) is 5.14. The van der Waals surface area contributed by atoms with Crippen LogP contribution in [0, 0.1) is 13.8 Å². The molecule has 28 heavy (non-hydrogen) atoms. The van der Waals surface area contributed by atoms with E-state index >= 15 is 0 Å². The van der Waals surface area contributed by atoms with Crippen LogP contribution in [-0.4, -0.2) is 59.5 Å². The van der Waals surface area contributed by atoms with Crippen LogP contribution < -0.4 is 0 Å². The molecule has 0 radical (unpaired) electrons. The Kier molecular flexibility index (Phi) is 6.14. The van der Waals surface area contributed by atoms with E-state index in [1.165, 1.54) is 7.11 Å². The predicted molar refractivity (Wildman–Crippen MR) is 105 cm³/mol. The lowest BCUT2D eigenvalue weighted by atomic mass is 10.1. The Balaban J connectivity index is 1.76. The van der Waals surface area contributed by atoms with Gasteiger partial charge in [0.2, 0.25) is 0 Å². The molecule has 2 aromatic rings. The van der Waals surface area contributed by atoms with Crippen molar-refractivity contribution in [2.45, 2.75) is 39.7 Å². The molecule has 1 atom stereocenters. The van der Waals surface area contributed by atoms with Crippen LogP contribution >= 0.6 is 0 Å². The summed E-state index contributed by atoms with van der Waals surface area (Å²) in [6.07, 6.45) is 0.987. The van der Waals surface area contributed by atoms with E-state index in [0.29, 0.717) is 38.1 Å². The lowest BCUT2D eigenvalue weighted by molar-refractivity contribution is -0.140. The van der Waals surface area contributed by atoms with Gasteiger partial charge in [0.1, 0.15) is 0 Å². The van der Waals surface area contributed by atoms with E-state index in [4.69, 9.17) is 9.47 Å². The molecule has 7 nitrogen and oxygen atoms in total. The van der Waals surface area contributed by atoms with Gasteiger partial charge in [0.15, 0.2) is 0 Å². The molecule has 2 heterocycles. The second kappa shape index (κ2) is 8.56. The number of carbonyl (C=O) groups is 2. The van der Waals surface area contributed by atoms with E-state index in [9.17, 15) is 9.59 Å². The molecule has 1 aliphatic heterocycles. The molecule has 1 aromatic carbocycles. The lowest BCUT2D eigenvalue weighted by Gasteiger charge is -2.31. The Morgan fingerprint density at radius 2 is 1.96 bits per heavy atom. The van der Waals surface area contributed by atoms with Gasteiger partial charge >= 0.3 is 5.97 Å². The third kappa shape index (κ3) is 4.25. The van der Waals surface area contributed by atoms with Crippen LogP contribution in [0.4, 0.5) is 0 Å². The van der Waals surface area contributed by atoms with Gasteiger partial charge in [0.05, 0.1) is 31.2 Å². The smallest absolute Gasteiger partial charge is 0.305 e. The second-order valence-electron chi connectivity index (χ2n) is 7.12. The Morgan fingerprint density at radius 3 is 2.61 bits per heavy atom. The molecule has 0 spiro atoms. The summed E-state index contributed by atoms with van der Waals surface area (Å²) < 4.78 is 12.1. The lowest BCUT2D eigenvalue weighted by Crippen LogP contribution is -2.44. The van der Waals surface area contributed by atoms with Crippen LogP contribution in [0.25, 0.3) is 5.69 Å². The van der Waals surface area contributed by atoms with E-state index in [0.717, 1.165) is 22.6 Å². The summed E-state index contributed by atoms with van der Waals surface area (Å²) in [5.41, 5.74) is 4.47. The Morgan fingerprint density at radius 1 is 1.25 bits per heavy atom. The monoisotopic (exact) mass is 385 g/mol. The number of hydrogen-bond acceptors (Lipinski definition) is 5. The molecule has 1 saturated heterocycles. The second-order valence-corrected chi connectivity index (χ2v) is 7.12. The number of hydrogen-bond donors (Lipinski definition) is 0. The highest BCUT2D eigenvalue weighted by molar-refractivity contribution is 5.94. The number of rotatable bonds is 5. The number of carbonyl (C=O) groups excluding carboxylic acids is 2. The first-order valence-corrected chi connectivity index (χ1v) is 9.54. The topological polar surface area (TPSA) is 73.7 Å². The molecule has 1 aromatic heterocycles. The number of aromatic nitrogens is 2. The molecular formula is C21H27N3O4. The van der Waals surface area contributed by atoms with Crippen LogP contribution in [0.15, 0.2) is 24.3 Å². The van der Waals surface area contributed by atoms with Crippen molar-refractivity contribution in [3.63, 3.8) is 0 Å². The van der Waals surface area contributed by atoms with Gasteiger partial charge in [0.25, 0.3) is 5.91 Å². The van der Waals surface area contributed by atoms with Crippen molar-refractivity contribution in [3.05, 3.63) is 46.8 Å². The molecule has 1 fully saturated rings. The van der Waals surface area contributed by atoms with Crippen LogP contribution in [0.2, 0.25) is 0 Å². The first-order valence-electron chi connectivity index (χ1n) is 9.54. The maximum atomic E-state index is 12.7. The zero-order chi connectivity index (χ0) is 20.3. The van der Waals surface area contributed by atoms with Gasteiger partial charge in [-0.3, -0.25) is 9.59 Å². The van der Waals surface area contributed by atoms with Crippen molar-refractivity contribution >= 4 is 11.9 Å². The Bertz CT molecular complexity index is 857. The van der Waals surface area contributed by atoms with Gasteiger partial charge in [-0.05, 0) is 57.0 Å². The van der Waals surface area contributed by atoms with Gasteiger partial charge in [-0.1, -0.05) is 0 Å². The molecule has 0 aliphatic carbocycles. The fourth-order valence-electron chi connectivity index (χ4n) is 3.55. The van der Waals surface area contributed by atoms with Gasteiger partial charge in [0, 0.05) is 30.8 Å². The molecular weight excluding hydrogens is 358 g/mol. The predicted octanol–water partition coefficient (Wildman–Crippen LogP) is 2.46. The molecule has 1 unspecified atom stereocenters.